The zero-order valence-corrected chi connectivity index (χ0v) is 13.5. The zero-order chi connectivity index (χ0) is 16.2. The maximum atomic E-state index is 12.3. The summed E-state index contributed by atoms with van der Waals surface area (Å²) in [6, 6.07) is 6.76. The van der Waals surface area contributed by atoms with Gasteiger partial charge in [-0.2, -0.15) is 0 Å². The number of sulfonamides is 1. The first-order chi connectivity index (χ1) is 10.4. The van der Waals surface area contributed by atoms with Crippen LogP contribution in [0.3, 0.4) is 0 Å². The summed E-state index contributed by atoms with van der Waals surface area (Å²) in [5.41, 5.74) is 1.10. The third-order valence-corrected chi connectivity index (χ3v) is 5.45. The summed E-state index contributed by atoms with van der Waals surface area (Å²) in [6.45, 7) is 3.22. The fraction of sp³-hybridized carbons (Fsp3) is 0.533. The molecule has 0 spiro atoms. The number of aryl methyl sites for hydroxylation is 1. The van der Waals surface area contributed by atoms with Crippen LogP contribution in [0.15, 0.2) is 29.2 Å². The minimum Gasteiger partial charge on any atom is -0.480 e. The quantitative estimate of drug-likeness (QED) is 0.817. The van der Waals surface area contributed by atoms with Crippen LogP contribution in [-0.4, -0.2) is 50.1 Å². The second-order valence-electron chi connectivity index (χ2n) is 5.56. The van der Waals surface area contributed by atoms with Gasteiger partial charge in [-0.1, -0.05) is 19.1 Å². The van der Waals surface area contributed by atoms with Crippen LogP contribution in [0, 0.1) is 0 Å². The molecule has 1 fully saturated rings. The van der Waals surface area contributed by atoms with Crippen molar-refractivity contribution < 1.29 is 18.3 Å². The van der Waals surface area contributed by atoms with Crippen LogP contribution < -0.4 is 4.72 Å². The summed E-state index contributed by atoms with van der Waals surface area (Å²) in [6.07, 6.45) is 2.12. The molecule has 0 amide bonds. The molecule has 122 valence electrons. The highest BCUT2D eigenvalue weighted by Gasteiger charge is 2.25. The average Bonchev–Trinajstić information content (AvgIpc) is 2.48. The molecule has 1 aliphatic heterocycles. The Morgan fingerprint density at radius 3 is 2.36 bits per heavy atom. The van der Waals surface area contributed by atoms with E-state index in [1.54, 1.807) is 12.1 Å². The topological polar surface area (TPSA) is 86.7 Å². The van der Waals surface area contributed by atoms with Gasteiger partial charge in [-0.3, -0.25) is 9.69 Å². The predicted molar refractivity (Wildman–Crippen MR) is 83.2 cm³/mol. The Balaban J connectivity index is 1.93. The van der Waals surface area contributed by atoms with Crippen LogP contribution in [0.4, 0.5) is 0 Å². The normalized spacial score (nSPS) is 17.5. The highest BCUT2D eigenvalue weighted by Crippen LogP contribution is 2.15. The van der Waals surface area contributed by atoms with E-state index in [2.05, 4.69) is 4.72 Å². The Morgan fingerprint density at radius 1 is 1.27 bits per heavy atom. The first kappa shape index (κ1) is 16.9. The predicted octanol–water partition coefficient (Wildman–Crippen LogP) is 1.08. The summed E-state index contributed by atoms with van der Waals surface area (Å²) < 4.78 is 27.4. The fourth-order valence-corrected chi connectivity index (χ4v) is 3.90. The number of nitrogens with zero attached hydrogens (tertiary/aromatic N) is 1. The highest BCUT2D eigenvalue weighted by molar-refractivity contribution is 7.89. The van der Waals surface area contributed by atoms with Gasteiger partial charge in [-0.15, -0.1) is 0 Å². The van der Waals surface area contributed by atoms with Crippen molar-refractivity contribution in [2.24, 2.45) is 0 Å². The largest absolute Gasteiger partial charge is 0.480 e. The number of hydrogen-bond donors (Lipinski definition) is 2. The average molecular weight is 326 g/mol. The van der Waals surface area contributed by atoms with Crippen molar-refractivity contribution in [1.82, 2.24) is 9.62 Å². The number of hydrogen-bond acceptors (Lipinski definition) is 4. The van der Waals surface area contributed by atoms with E-state index in [4.69, 9.17) is 5.11 Å². The maximum Gasteiger partial charge on any atom is 0.317 e. The third-order valence-electron chi connectivity index (χ3n) is 3.91. The summed E-state index contributed by atoms with van der Waals surface area (Å²) in [5, 5.41) is 8.76. The van der Waals surface area contributed by atoms with Gasteiger partial charge in [0.1, 0.15) is 0 Å². The van der Waals surface area contributed by atoms with E-state index < -0.39 is 16.0 Å². The van der Waals surface area contributed by atoms with E-state index in [1.807, 2.05) is 24.0 Å². The zero-order valence-electron chi connectivity index (χ0n) is 12.7. The van der Waals surface area contributed by atoms with Crippen molar-refractivity contribution in [1.29, 1.82) is 0 Å². The lowest BCUT2D eigenvalue weighted by molar-refractivity contribution is -0.138. The molecule has 0 radical (unpaired) electrons. The van der Waals surface area contributed by atoms with Gasteiger partial charge < -0.3 is 5.11 Å². The van der Waals surface area contributed by atoms with E-state index in [9.17, 15) is 13.2 Å². The van der Waals surface area contributed by atoms with Crippen molar-refractivity contribution in [3.63, 3.8) is 0 Å². The molecule has 0 saturated carbocycles. The fourth-order valence-electron chi connectivity index (χ4n) is 2.59. The Labute approximate surface area is 131 Å². The minimum absolute atomic E-state index is 0.0119. The third kappa shape index (κ3) is 4.53. The molecule has 0 unspecified atom stereocenters. The van der Waals surface area contributed by atoms with Crippen LogP contribution in [0.2, 0.25) is 0 Å². The number of carbonyl (C=O) groups is 1. The van der Waals surface area contributed by atoms with Crippen LogP contribution in [0.5, 0.6) is 0 Å². The van der Waals surface area contributed by atoms with Gasteiger partial charge in [0.2, 0.25) is 10.0 Å². The van der Waals surface area contributed by atoms with Gasteiger partial charge >= 0.3 is 5.97 Å². The molecule has 0 atom stereocenters. The molecule has 6 nitrogen and oxygen atoms in total. The first-order valence-corrected chi connectivity index (χ1v) is 8.94. The number of benzene rings is 1. The van der Waals surface area contributed by atoms with Gasteiger partial charge in [0.15, 0.2) is 0 Å². The number of likely N-dealkylation sites (tertiary alicyclic amines) is 1. The van der Waals surface area contributed by atoms with E-state index >= 15 is 0 Å². The molecule has 2 rings (SSSR count). The van der Waals surface area contributed by atoms with Crippen LogP contribution in [-0.2, 0) is 21.2 Å². The van der Waals surface area contributed by atoms with Gasteiger partial charge in [-0.25, -0.2) is 13.1 Å². The first-order valence-electron chi connectivity index (χ1n) is 7.46. The second-order valence-corrected chi connectivity index (χ2v) is 7.28. The molecule has 0 aromatic heterocycles. The van der Waals surface area contributed by atoms with Crippen LogP contribution >= 0.6 is 0 Å². The molecule has 1 aromatic carbocycles. The molecule has 1 aliphatic rings. The Bertz CT molecular complexity index is 605. The Kier molecular flexibility index (Phi) is 5.55. The van der Waals surface area contributed by atoms with Crippen molar-refractivity contribution >= 4 is 16.0 Å². The molecular weight excluding hydrogens is 304 g/mol. The minimum atomic E-state index is -3.51. The van der Waals surface area contributed by atoms with Gasteiger partial charge in [0, 0.05) is 19.1 Å². The highest BCUT2D eigenvalue weighted by atomic mass is 32.2. The van der Waals surface area contributed by atoms with E-state index in [0.717, 1.165) is 12.0 Å². The lowest BCUT2D eigenvalue weighted by Gasteiger charge is -2.31. The summed E-state index contributed by atoms with van der Waals surface area (Å²) in [5.74, 6) is -0.852. The number of rotatable bonds is 6. The molecule has 0 bridgehead atoms. The Hall–Kier alpha value is -1.44. The van der Waals surface area contributed by atoms with E-state index in [0.29, 0.717) is 25.9 Å². The number of aliphatic carboxylic acids is 1. The molecule has 7 heteroatoms. The smallest absolute Gasteiger partial charge is 0.317 e. The summed E-state index contributed by atoms with van der Waals surface area (Å²) in [4.78, 5) is 12.8. The number of carboxylic acids is 1. The van der Waals surface area contributed by atoms with E-state index in [1.165, 1.54) is 0 Å². The van der Waals surface area contributed by atoms with Gasteiger partial charge in [0.05, 0.1) is 11.4 Å². The molecule has 1 aromatic rings. The maximum absolute atomic E-state index is 12.3. The summed E-state index contributed by atoms with van der Waals surface area (Å²) in [7, 11) is -3.51. The van der Waals surface area contributed by atoms with Crippen molar-refractivity contribution in [2.75, 3.05) is 19.6 Å². The molecule has 1 saturated heterocycles. The van der Waals surface area contributed by atoms with Crippen molar-refractivity contribution in [3.05, 3.63) is 29.8 Å². The van der Waals surface area contributed by atoms with Crippen molar-refractivity contribution in [2.45, 2.75) is 37.1 Å². The summed E-state index contributed by atoms with van der Waals surface area (Å²) >= 11 is 0. The van der Waals surface area contributed by atoms with Crippen LogP contribution in [0.25, 0.3) is 0 Å². The molecule has 1 heterocycles. The lowest BCUT2D eigenvalue weighted by atomic mass is 10.1. The standard InChI is InChI=1S/C15H22N2O4S/c1-2-12-3-5-14(6-4-12)22(20,21)16-13-7-9-17(10-8-13)11-15(18)19/h3-6,13,16H,2,7-11H2,1H3,(H,18,19). The number of nitrogens with one attached hydrogen (secondary N) is 1. The monoisotopic (exact) mass is 326 g/mol. The number of carboxylic acid groups (broad SMARTS) is 1. The lowest BCUT2D eigenvalue weighted by Crippen LogP contribution is -2.45. The molecule has 0 aliphatic carbocycles. The van der Waals surface area contributed by atoms with Gasteiger partial charge in [-0.05, 0) is 37.0 Å². The molecular formula is C15H22N2O4S. The SMILES string of the molecule is CCc1ccc(S(=O)(=O)NC2CCN(CC(=O)O)CC2)cc1. The van der Waals surface area contributed by atoms with Crippen molar-refractivity contribution in [3.8, 4) is 0 Å². The molecule has 2 N–H and O–H groups in total. The van der Waals surface area contributed by atoms with E-state index in [-0.39, 0.29) is 17.5 Å². The van der Waals surface area contributed by atoms with Crippen LogP contribution in [0.1, 0.15) is 25.3 Å². The molecule has 22 heavy (non-hydrogen) atoms. The Morgan fingerprint density at radius 2 is 1.86 bits per heavy atom. The van der Waals surface area contributed by atoms with Gasteiger partial charge in [0.25, 0.3) is 0 Å². The second kappa shape index (κ2) is 7.21. The number of piperidine rings is 1.